The number of rotatable bonds is 6. The number of furan rings is 1. The summed E-state index contributed by atoms with van der Waals surface area (Å²) < 4.78 is 6.13. The summed E-state index contributed by atoms with van der Waals surface area (Å²) in [4.78, 5) is 2.44. The van der Waals surface area contributed by atoms with E-state index < -0.39 is 0 Å². The molecule has 2 nitrogen and oxygen atoms in total. The van der Waals surface area contributed by atoms with Gasteiger partial charge in [0, 0.05) is 27.7 Å². The number of hydrogen-bond donors (Lipinski definition) is 0. The number of benzene rings is 7. The molecule has 0 radical (unpaired) electrons. The minimum absolute atomic E-state index is 0.0722. The fourth-order valence-corrected chi connectivity index (χ4v) is 8.49. The predicted molar refractivity (Wildman–Crippen MR) is 221 cm³/mol. The minimum atomic E-state index is 0.0722. The van der Waals surface area contributed by atoms with Gasteiger partial charge in [-0.1, -0.05) is 143 Å². The smallest absolute Gasteiger partial charge is 0.135 e. The van der Waals surface area contributed by atoms with E-state index in [1.54, 1.807) is 0 Å². The molecule has 0 spiro atoms. The summed E-state index contributed by atoms with van der Waals surface area (Å²) in [7, 11) is 0. The number of hydrogen-bond acceptors (Lipinski definition) is 2. The molecular formula is C50H45NO. The van der Waals surface area contributed by atoms with Crippen LogP contribution in [0.25, 0.3) is 55.0 Å². The summed E-state index contributed by atoms with van der Waals surface area (Å²) in [5.74, 6) is 0.610. The van der Waals surface area contributed by atoms with Crippen molar-refractivity contribution < 1.29 is 4.42 Å². The molecule has 1 aliphatic rings. The molecule has 0 saturated heterocycles. The van der Waals surface area contributed by atoms with Crippen LogP contribution in [0.15, 0.2) is 156 Å². The molecule has 52 heavy (non-hydrogen) atoms. The van der Waals surface area contributed by atoms with Gasteiger partial charge in [-0.2, -0.15) is 0 Å². The first-order valence-electron chi connectivity index (χ1n) is 19.0. The lowest BCUT2D eigenvalue weighted by molar-refractivity contribution is 0.445. The lowest BCUT2D eigenvalue weighted by atomic mass is 9.80. The zero-order valence-corrected chi connectivity index (χ0v) is 30.4. The quantitative estimate of drug-likeness (QED) is 0.174. The molecule has 1 fully saturated rings. The molecule has 1 saturated carbocycles. The average Bonchev–Trinajstić information content (AvgIpc) is 3.56. The fourth-order valence-electron chi connectivity index (χ4n) is 8.49. The second-order valence-electron chi connectivity index (χ2n) is 15.6. The highest BCUT2D eigenvalue weighted by atomic mass is 16.3. The van der Waals surface area contributed by atoms with Gasteiger partial charge in [-0.25, -0.2) is 0 Å². The van der Waals surface area contributed by atoms with Gasteiger partial charge in [0.2, 0.25) is 0 Å². The van der Waals surface area contributed by atoms with Crippen molar-refractivity contribution in [1.29, 1.82) is 0 Å². The molecule has 2 heteroatoms. The maximum absolute atomic E-state index is 6.13. The van der Waals surface area contributed by atoms with Crippen LogP contribution in [0.5, 0.6) is 0 Å². The van der Waals surface area contributed by atoms with Crippen LogP contribution in [0.4, 0.5) is 17.1 Å². The largest absolute Gasteiger partial charge is 0.456 e. The highest BCUT2D eigenvalue weighted by Crippen LogP contribution is 2.46. The SMILES string of the molecule is CC(C)(C)c1ccc(N(c2ccc(-c3ccc4oc5ccccc5c4c3)cc2)c2ccccc2-c2cccc3cccc(C4CCCCC4)c23)cc1. The van der Waals surface area contributed by atoms with E-state index in [0.29, 0.717) is 5.92 Å². The Balaban J connectivity index is 1.19. The van der Waals surface area contributed by atoms with Gasteiger partial charge in [0.15, 0.2) is 0 Å². The minimum Gasteiger partial charge on any atom is -0.456 e. The molecular weight excluding hydrogens is 631 g/mol. The molecule has 0 unspecified atom stereocenters. The first-order valence-corrected chi connectivity index (χ1v) is 19.0. The third-order valence-electron chi connectivity index (χ3n) is 11.2. The number of fused-ring (bicyclic) bond motifs is 4. The molecule has 0 N–H and O–H groups in total. The van der Waals surface area contributed by atoms with Gasteiger partial charge in [-0.3, -0.25) is 0 Å². The third kappa shape index (κ3) is 5.87. The molecule has 9 rings (SSSR count). The Labute approximate surface area is 307 Å². The predicted octanol–water partition coefficient (Wildman–Crippen LogP) is 14.9. The van der Waals surface area contributed by atoms with Crippen LogP contribution in [0.2, 0.25) is 0 Å². The molecule has 1 aromatic heterocycles. The Bertz CT molecular complexity index is 2520. The van der Waals surface area contributed by atoms with Crippen LogP contribution < -0.4 is 4.90 Å². The van der Waals surface area contributed by atoms with E-state index in [2.05, 4.69) is 165 Å². The van der Waals surface area contributed by atoms with E-state index in [1.165, 1.54) is 81.9 Å². The van der Waals surface area contributed by atoms with Gasteiger partial charge in [-0.05, 0) is 111 Å². The van der Waals surface area contributed by atoms with Gasteiger partial charge in [0.25, 0.3) is 0 Å². The number of para-hydroxylation sites is 2. The van der Waals surface area contributed by atoms with Crippen molar-refractivity contribution in [2.45, 2.75) is 64.2 Å². The maximum Gasteiger partial charge on any atom is 0.135 e. The first kappa shape index (κ1) is 32.3. The molecule has 1 heterocycles. The van der Waals surface area contributed by atoms with E-state index in [1.807, 2.05) is 12.1 Å². The van der Waals surface area contributed by atoms with Crippen LogP contribution >= 0.6 is 0 Å². The number of nitrogens with zero attached hydrogens (tertiary/aromatic N) is 1. The summed E-state index contributed by atoms with van der Waals surface area (Å²) in [5, 5.41) is 5.03. The molecule has 8 aromatic rings. The van der Waals surface area contributed by atoms with Crippen molar-refractivity contribution >= 4 is 49.8 Å². The highest BCUT2D eigenvalue weighted by Gasteiger charge is 2.23. The molecule has 0 aliphatic heterocycles. The van der Waals surface area contributed by atoms with E-state index in [0.717, 1.165) is 33.3 Å². The van der Waals surface area contributed by atoms with E-state index >= 15 is 0 Å². The van der Waals surface area contributed by atoms with Gasteiger partial charge in [0.1, 0.15) is 11.2 Å². The molecule has 0 atom stereocenters. The average molecular weight is 676 g/mol. The fraction of sp³-hybridized carbons (Fsp3) is 0.200. The Morgan fingerprint density at radius 3 is 1.94 bits per heavy atom. The van der Waals surface area contributed by atoms with Gasteiger partial charge in [-0.15, -0.1) is 0 Å². The molecule has 1 aliphatic carbocycles. The van der Waals surface area contributed by atoms with Gasteiger partial charge >= 0.3 is 0 Å². The van der Waals surface area contributed by atoms with Crippen LogP contribution in [-0.4, -0.2) is 0 Å². The highest BCUT2D eigenvalue weighted by molar-refractivity contribution is 6.06. The zero-order chi connectivity index (χ0) is 35.2. The normalized spacial score (nSPS) is 14.0. The summed E-state index contributed by atoms with van der Waals surface area (Å²) in [6, 6.07) is 55.9. The van der Waals surface area contributed by atoms with Crippen LogP contribution in [0.3, 0.4) is 0 Å². The van der Waals surface area contributed by atoms with Gasteiger partial charge < -0.3 is 9.32 Å². The monoisotopic (exact) mass is 675 g/mol. The van der Waals surface area contributed by atoms with Crippen LogP contribution in [-0.2, 0) is 5.41 Å². The molecule has 0 bridgehead atoms. The Morgan fingerprint density at radius 2 is 1.17 bits per heavy atom. The van der Waals surface area contributed by atoms with Crippen molar-refractivity contribution in [1.82, 2.24) is 0 Å². The van der Waals surface area contributed by atoms with Crippen LogP contribution in [0.1, 0.15) is 69.9 Å². The van der Waals surface area contributed by atoms with Crippen molar-refractivity contribution in [3.05, 3.63) is 163 Å². The first-order chi connectivity index (χ1) is 25.4. The standard InChI is InChI=1S/C50H45NO/c1-50(2,3)38-26-30-40(31-27-38)51(39-28-23-34(24-29-39)37-25-32-48-45(33-37)43-18-8-10-22-47(43)52-48)46-21-9-7-17-42(46)44-20-12-16-36-15-11-19-41(49(36)44)35-13-5-4-6-14-35/h7-12,15-33,35H,4-6,13-14H2,1-3H3. The van der Waals surface area contributed by atoms with E-state index in [4.69, 9.17) is 4.42 Å². The Morgan fingerprint density at radius 1 is 0.538 bits per heavy atom. The van der Waals surface area contributed by atoms with E-state index in [9.17, 15) is 0 Å². The van der Waals surface area contributed by atoms with Crippen molar-refractivity contribution in [2.75, 3.05) is 4.90 Å². The molecule has 256 valence electrons. The summed E-state index contributed by atoms with van der Waals surface area (Å²) >= 11 is 0. The topological polar surface area (TPSA) is 16.4 Å². The van der Waals surface area contributed by atoms with E-state index in [-0.39, 0.29) is 5.41 Å². The van der Waals surface area contributed by atoms with Crippen molar-refractivity contribution in [3.63, 3.8) is 0 Å². The number of anilines is 3. The lowest BCUT2D eigenvalue weighted by Gasteiger charge is -2.30. The molecule has 0 amide bonds. The van der Waals surface area contributed by atoms with Gasteiger partial charge in [0.05, 0.1) is 5.69 Å². The second kappa shape index (κ2) is 13.2. The zero-order valence-electron chi connectivity index (χ0n) is 30.4. The molecule has 7 aromatic carbocycles. The summed E-state index contributed by atoms with van der Waals surface area (Å²) in [5.41, 5.74) is 13.1. The second-order valence-corrected chi connectivity index (χ2v) is 15.6. The summed E-state index contributed by atoms with van der Waals surface area (Å²) in [6.07, 6.45) is 6.55. The third-order valence-corrected chi connectivity index (χ3v) is 11.2. The van der Waals surface area contributed by atoms with Crippen molar-refractivity contribution in [2.24, 2.45) is 0 Å². The van der Waals surface area contributed by atoms with Crippen LogP contribution in [0, 0.1) is 0 Å². The Kier molecular flexibility index (Phi) is 8.19. The summed E-state index contributed by atoms with van der Waals surface area (Å²) in [6.45, 7) is 6.84. The lowest BCUT2D eigenvalue weighted by Crippen LogP contribution is -2.14. The van der Waals surface area contributed by atoms with Crippen molar-refractivity contribution in [3.8, 4) is 22.3 Å². The maximum atomic E-state index is 6.13. The Hall–Kier alpha value is -5.60.